The third-order valence-corrected chi connectivity index (χ3v) is 3.58. The van der Waals surface area contributed by atoms with E-state index in [0.29, 0.717) is 0 Å². The highest BCUT2D eigenvalue weighted by molar-refractivity contribution is 5.40. The van der Waals surface area contributed by atoms with Crippen LogP contribution in [0, 0.1) is 20.8 Å². The molecular formula is C16H22N4. The zero-order chi connectivity index (χ0) is 14.7. The van der Waals surface area contributed by atoms with E-state index in [9.17, 15) is 0 Å². The smallest absolute Gasteiger partial charge is 0.0731 e. The van der Waals surface area contributed by atoms with Gasteiger partial charge in [-0.15, -0.1) is 0 Å². The number of aryl methyl sites for hydroxylation is 4. The van der Waals surface area contributed by atoms with Crippen LogP contribution >= 0.6 is 0 Å². The molecule has 0 aliphatic rings. The molecule has 2 aromatic rings. The Balaban J connectivity index is 2.57. The maximum absolute atomic E-state index is 5.83. The monoisotopic (exact) mass is 270 g/mol. The summed E-state index contributed by atoms with van der Waals surface area (Å²) in [4.78, 5) is 0. The lowest BCUT2D eigenvalue weighted by Gasteiger charge is -2.21. The molecular weight excluding hydrogens is 248 g/mol. The molecule has 1 atom stereocenters. The first kappa shape index (κ1) is 14.6. The summed E-state index contributed by atoms with van der Waals surface area (Å²) in [6.07, 6.45) is 0.839. The number of hydrogen-bond acceptors (Lipinski definition) is 4. The summed E-state index contributed by atoms with van der Waals surface area (Å²) in [5, 5.41) is 8.44. The molecule has 2 rings (SSSR count). The fraction of sp³-hybridized carbons (Fsp3) is 0.375. The van der Waals surface area contributed by atoms with Crippen LogP contribution in [0.1, 0.15) is 46.6 Å². The van der Waals surface area contributed by atoms with Crippen LogP contribution in [0.5, 0.6) is 0 Å². The molecule has 0 spiro atoms. The molecule has 106 valence electrons. The zero-order valence-corrected chi connectivity index (χ0v) is 12.6. The highest BCUT2D eigenvalue weighted by atomic mass is 15.2. The van der Waals surface area contributed by atoms with E-state index >= 15 is 0 Å². The van der Waals surface area contributed by atoms with E-state index in [1.54, 1.807) is 0 Å². The minimum Gasteiger partial charge on any atom is -0.271 e. The quantitative estimate of drug-likeness (QED) is 0.662. The minimum absolute atomic E-state index is 0.0564. The molecule has 0 aliphatic heterocycles. The molecule has 1 aromatic carbocycles. The second-order valence-electron chi connectivity index (χ2n) is 5.20. The van der Waals surface area contributed by atoms with Gasteiger partial charge in [-0.2, -0.15) is 10.2 Å². The molecule has 1 aromatic heterocycles. The lowest BCUT2D eigenvalue weighted by atomic mass is 9.92. The van der Waals surface area contributed by atoms with Crippen molar-refractivity contribution in [2.75, 3.05) is 0 Å². The van der Waals surface area contributed by atoms with E-state index < -0.39 is 0 Å². The second kappa shape index (κ2) is 6.11. The Morgan fingerprint density at radius 2 is 1.85 bits per heavy atom. The fourth-order valence-corrected chi connectivity index (χ4v) is 2.48. The van der Waals surface area contributed by atoms with E-state index in [1.165, 1.54) is 16.7 Å². The molecule has 0 fully saturated rings. The Labute approximate surface area is 120 Å². The van der Waals surface area contributed by atoms with Crippen molar-refractivity contribution in [3.8, 4) is 0 Å². The van der Waals surface area contributed by atoms with Gasteiger partial charge in [-0.05, 0) is 44.4 Å². The van der Waals surface area contributed by atoms with Gasteiger partial charge in [-0.3, -0.25) is 5.84 Å². The minimum atomic E-state index is -0.0564. The number of benzene rings is 1. The van der Waals surface area contributed by atoms with Crippen LogP contribution in [0.4, 0.5) is 0 Å². The Kier molecular flexibility index (Phi) is 4.47. The van der Waals surface area contributed by atoms with E-state index in [1.807, 2.05) is 6.92 Å². The van der Waals surface area contributed by atoms with Crippen molar-refractivity contribution in [2.24, 2.45) is 5.84 Å². The zero-order valence-electron chi connectivity index (χ0n) is 12.6. The maximum Gasteiger partial charge on any atom is 0.0731 e. The molecule has 1 heterocycles. The van der Waals surface area contributed by atoms with Crippen LogP contribution in [0.25, 0.3) is 0 Å². The van der Waals surface area contributed by atoms with Crippen LogP contribution < -0.4 is 11.3 Å². The number of hydrazine groups is 1. The highest BCUT2D eigenvalue weighted by Crippen LogP contribution is 2.27. The van der Waals surface area contributed by atoms with Gasteiger partial charge >= 0.3 is 0 Å². The van der Waals surface area contributed by atoms with Gasteiger partial charge in [0, 0.05) is 5.56 Å². The number of nitrogens with zero attached hydrogens (tertiary/aromatic N) is 2. The van der Waals surface area contributed by atoms with Gasteiger partial charge in [-0.25, -0.2) is 5.43 Å². The normalized spacial score (nSPS) is 12.4. The maximum atomic E-state index is 5.83. The molecule has 0 radical (unpaired) electrons. The average molecular weight is 270 g/mol. The molecule has 1 unspecified atom stereocenters. The first-order valence-corrected chi connectivity index (χ1v) is 6.93. The molecule has 4 heteroatoms. The van der Waals surface area contributed by atoms with Crippen LogP contribution in [0.15, 0.2) is 24.3 Å². The van der Waals surface area contributed by atoms with Gasteiger partial charge < -0.3 is 0 Å². The predicted molar refractivity (Wildman–Crippen MR) is 81.2 cm³/mol. The Hall–Kier alpha value is -1.78. The van der Waals surface area contributed by atoms with Crippen molar-refractivity contribution in [3.63, 3.8) is 0 Å². The summed E-state index contributed by atoms with van der Waals surface area (Å²) in [6, 6.07) is 8.43. The van der Waals surface area contributed by atoms with Gasteiger partial charge in [0.15, 0.2) is 0 Å². The average Bonchev–Trinajstić information content (AvgIpc) is 2.44. The third kappa shape index (κ3) is 2.86. The van der Waals surface area contributed by atoms with E-state index in [-0.39, 0.29) is 6.04 Å². The number of rotatable bonds is 4. The summed E-state index contributed by atoms with van der Waals surface area (Å²) in [5.74, 6) is 5.83. The van der Waals surface area contributed by atoms with Crippen molar-refractivity contribution in [1.82, 2.24) is 15.6 Å². The van der Waals surface area contributed by atoms with Crippen molar-refractivity contribution in [3.05, 3.63) is 57.9 Å². The summed E-state index contributed by atoms with van der Waals surface area (Å²) in [6.45, 7) is 8.23. The summed E-state index contributed by atoms with van der Waals surface area (Å²) in [7, 11) is 0. The largest absolute Gasteiger partial charge is 0.271 e. The standard InChI is InChI=1S/C16H22N4/c1-5-15-14(9-12(4)19-20-15)16(18-17)13-8-10(2)6-7-11(13)3/h6-9,16,18H,5,17H2,1-4H3. The molecule has 0 aliphatic carbocycles. The second-order valence-corrected chi connectivity index (χ2v) is 5.20. The molecule has 0 saturated heterocycles. The summed E-state index contributed by atoms with van der Waals surface area (Å²) < 4.78 is 0. The lowest BCUT2D eigenvalue weighted by molar-refractivity contribution is 0.618. The fourth-order valence-electron chi connectivity index (χ4n) is 2.48. The van der Waals surface area contributed by atoms with E-state index in [2.05, 4.69) is 60.7 Å². The van der Waals surface area contributed by atoms with Gasteiger partial charge in [-0.1, -0.05) is 30.7 Å². The molecule has 0 saturated carbocycles. The Morgan fingerprint density at radius 1 is 1.10 bits per heavy atom. The van der Waals surface area contributed by atoms with Crippen LogP contribution in [-0.4, -0.2) is 10.2 Å². The highest BCUT2D eigenvalue weighted by Gasteiger charge is 2.19. The number of hydrogen-bond donors (Lipinski definition) is 2. The predicted octanol–water partition coefficient (Wildman–Crippen LogP) is 2.52. The molecule has 0 amide bonds. The SMILES string of the molecule is CCc1nnc(C)cc1C(NN)c1cc(C)ccc1C. The molecule has 4 nitrogen and oxygen atoms in total. The van der Waals surface area contributed by atoms with Crippen LogP contribution in [0.2, 0.25) is 0 Å². The summed E-state index contributed by atoms with van der Waals surface area (Å²) in [5.41, 5.74) is 9.57. The van der Waals surface area contributed by atoms with E-state index in [0.717, 1.165) is 23.4 Å². The Morgan fingerprint density at radius 3 is 2.50 bits per heavy atom. The van der Waals surface area contributed by atoms with Gasteiger partial charge in [0.25, 0.3) is 0 Å². The van der Waals surface area contributed by atoms with Crippen molar-refractivity contribution in [2.45, 2.75) is 40.2 Å². The van der Waals surface area contributed by atoms with Gasteiger partial charge in [0.05, 0.1) is 17.4 Å². The first-order chi connectivity index (χ1) is 9.56. The van der Waals surface area contributed by atoms with Crippen LogP contribution in [0.3, 0.4) is 0 Å². The first-order valence-electron chi connectivity index (χ1n) is 6.93. The summed E-state index contributed by atoms with van der Waals surface area (Å²) >= 11 is 0. The topological polar surface area (TPSA) is 63.8 Å². The van der Waals surface area contributed by atoms with Crippen LogP contribution in [-0.2, 0) is 6.42 Å². The molecule has 20 heavy (non-hydrogen) atoms. The number of aromatic nitrogens is 2. The number of nitrogens with one attached hydrogen (secondary N) is 1. The Bertz CT molecular complexity index is 607. The molecule has 3 N–H and O–H groups in total. The van der Waals surface area contributed by atoms with E-state index in [4.69, 9.17) is 5.84 Å². The lowest BCUT2D eigenvalue weighted by Crippen LogP contribution is -2.30. The van der Waals surface area contributed by atoms with Crippen molar-refractivity contribution < 1.29 is 0 Å². The van der Waals surface area contributed by atoms with Crippen molar-refractivity contribution in [1.29, 1.82) is 0 Å². The van der Waals surface area contributed by atoms with Gasteiger partial charge in [0.2, 0.25) is 0 Å². The number of nitrogens with two attached hydrogens (primary N) is 1. The van der Waals surface area contributed by atoms with Gasteiger partial charge in [0.1, 0.15) is 0 Å². The van der Waals surface area contributed by atoms with Crippen molar-refractivity contribution >= 4 is 0 Å². The third-order valence-electron chi connectivity index (χ3n) is 3.58. The molecule has 0 bridgehead atoms.